The zero-order valence-electron chi connectivity index (χ0n) is 36.1. The van der Waals surface area contributed by atoms with Crippen LogP contribution in [0.1, 0.15) is 0 Å². The summed E-state index contributed by atoms with van der Waals surface area (Å²) in [5.41, 5.74) is 25.4. The lowest BCUT2D eigenvalue weighted by Crippen LogP contribution is -1.94. The van der Waals surface area contributed by atoms with Crippen LogP contribution in [0.4, 0.5) is 0 Å². The van der Waals surface area contributed by atoms with Gasteiger partial charge in [-0.2, -0.15) is 0 Å². The topological polar surface area (TPSA) is 0 Å². The van der Waals surface area contributed by atoms with E-state index in [1.807, 2.05) is 0 Å². The molecule has 0 bridgehead atoms. The van der Waals surface area contributed by atoms with Crippen molar-refractivity contribution >= 4 is 32.3 Å². The maximum absolute atomic E-state index is 2.50. The van der Waals surface area contributed by atoms with Crippen LogP contribution in [0.15, 0.2) is 243 Å². The van der Waals surface area contributed by atoms with E-state index >= 15 is 0 Å². The van der Waals surface area contributed by atoms with Crippen molar-refractivity contribution in [3.8, 4) is 111 Å². The van der Waals surface area contributed by atoms with Gasteiger partial charge in [0.05, 0.1) is 0 Å². The fourth-order valence-electron chi connectivity index (χ4n) is 11.6. The molecule has 0 amide bonds. The summed E-state index contributed by atoms with van der Waals surface area (Å²) in [4.78, 5) is 0. The predicted octanol–water partition coefficient (Wildman–Crippen LogP) is 18.4. The van der Waals surface area contributed by atoms with Crippen molar-refractivity contribution in [1.82, 2.24) is 0 Å². The number of benzene rings is 12. The summed E-state index contributed by atoms with van der Waals surface area (Å²) in [6.07, 6.45) is 0. The summed E-state index contributed by atoms with van der Waals surface area (Å²) in [7, 11) is 0. The molecule has 0 heteroatoms. The minimum absolute atomic E-state index is 1.20. The highest BCUT2D eigenvalue weighted by Crippen LogP contribution is 2.60. The second-order valence-corrected chi connectivity index (χ2v) is 17.8. The van der Waals surface area contributed by atoms with E-state index in [4.69, 9.17) is 0 Å². The molecule has 0 aromatic heterocycles. The molecule has 0 saturated carbocycles. The van der Waals surface area contributed by atoms with Crippen LogP contribution in [0.5, 0.6) is 0 Å². The molecule has 12 aromatic carbocycles. The molecule has 0 fully saturated rings. The summed E-state index contributed by atoms with van der Waals surface area (Å²) in [6, 6.07) is 90.2. The maximum atomic E-state index is 2.50. The van der Waals surface area contributed by atoms with Crippen LogP contribution in [-0.4, -0.2) is 0 Å². The molecular formula is C66H40. The molecule has 0 N–H and O–H groups in total. The van der Waals surface area contributed by atoms with Gasteiger partial charge in [-0.25, -0.2) is 0 Å². The van der Waals surface area contributed by atoms with Gasteiger partial charge >= 0.3 is 0 Å². The van der Waals surface area contributed by atoms with E-state index in [-0.39, 0.29) is 0 Å². The molecule has 66 heavy (non-hydrogen) atoms. The Morgan fingerprint density at radius 1 is 0.167 bits per heavy atom. The van der Waals surface area contributed by atoms with Crippen molar-refractivity contribution in [2.75, 3.05) is 0 Å². The maximum Gasteiger partial charge on any atom is -0.000741 e. The molecule has 0 aliphatic heterocycles. The van der Waals surface area contributed by atoms with Crippen LogP contribution in [0.25, 0.3) is 144 Å². The van der Waals surface area contributed by atoms with Crippen LogP contribution >= 0.6 is 0 Å². The van der Waals surface area contributed by atoms with Gasteiger partial charge in [-0.05, 0) is 162 Å². The van der Waals surface area contributed by atoms with Crippen LogP contribution < -0.4 is 0 Å². The smallest absolute Gasteiger partial charge is 0.000741 e. The Balaban J connectivity index is 1.07. The van der Waals surface area contributed by atoms with E-state index < -0.39 is 0 Å². The SMILES string of the molecule is c1ccc(-c2ccc(-c3ccccc3)c3c2-c2cccc4cc(-c5ccc6c(-c7ccccc7)c7c(c(-c8ccccc8)c6c5)-c5cccc6c(-c8ccccc8)ccc-7c56)cc-3c24)cc1. The molecule has 14 rings (SSSR count). The van der Waals surface area contributed by atoms with Crippen LogP contribution in [0.3, 0.4) is 0 Å². The summed E-state index contributed by atoms with van der Waals surface area (Å²) in [5, 5.41) is 7.71. The molecule has 0 unspecified atom stereocenters. The van der Waals surface area contributed by atoms with Crippen molar-refractivity contribution < 1.29 is 0 Å². The van der Waals surface area contributed by atoms with Crippen molar-refractivity contribution in [2.45, 2.75) is 0 Å². The van der Waals surface area contributed by atoms with Gasteiger partial charge in [-0.3, -0.25) is 0 Å². The zero-order valence-corrected chi connectivity index (χ0v) is 36.1. The Morgan fingerprint density at radius 3 is 1.21 bits per heavy atom. The Kier molecular flexibility index (Phi) is 8.08. The largest absolute Gasteiger partial charge is 0.0622 e. The van der Waals surface area contributed by atoms with Gasteiger partial charge in [-0.15, -0.1) is 0 Å². The summed E-state index contributed by atoms with van der Waals surface area (Å²) >= 11 is 0. The van der Waals surface area contributed by atoms with Gasteiger partial charge in [0.15, 0.2) is 0 Å². The highest BCUT2D eigenvalue weighted by atomic mass is 14.3. The Hall–Kier alpha value is -8.58. The minimum atomic E-state index is 1.20. The van der Waals surface area contributed by atoms with Crippen molar-refractivity contribution in [3.05, 3.63) is 243 Å². The van der Waals surface area contributed by atoms with E-state index in [0.717, 1.165) is 0 Å². The third kappa shape index (κ3) is 5.39. The van der Waals surface area contributed by atoms with Crippen molar-refractivity contribution in [2.24, 2.45) is 0 Å². The monoisotopic (exact) mass is 832 g/mol. The van der Waals surface area contributed by atoms with E-state index in [1.165, 1.54) is 144 Å². The number of fused-ring (bicyclic) bond motifs is 7. The van der Waals surface area contributed by atoms with Gasteiger partial charge in [0, 0.05) is 0 Å². The Morgan fingerprint density at radius 2 is 0.621 bits per heavy atom. The number of hydrogen-bond acceptors (Lipinski definition) is 0. The average Bonchev–Trinajstić information content (AvgIpc) is 3.91. The van der Waals surface area contributed by atoms with Gasteiger partial charge in [-0.1, -0.05) is 224 Å². The van der Waals surface area contributed by atoms with Gasteiger partial charge in [0.2, 0.25) is 0 Å². The van der Waals surface area contributed by atoms with Crippen LogP contribution in [0.2, 0.25) is 0 Å². The average molecular weight is 833 g/mol. The fraction of sp³-hybridized carbons (Fsp3) is 0. The first-order valence-electron chi connectivity index (χ1n) is 23.0. The summed E-state index contributed by atoms with van der Waals surface area (Å²) in [5.74, 6) is 0. The predicted molar refractivity (Wildman–Crippen MR) is 280 cm³/mol. The van der Waals surface area contributed by atoms with Crippen LogP contribution in [0, 0.1) is 0 Å². The lowest BCUT2D eigenvalue weighted by molar-refractivity contribution is 1.59. The van der Waals surface area contributed by atoms with E-state index in [0.29, 0.717) is 0 Å². The molecule has 0 radical (unpaired) electrons. The van der Waals surface area contributed by atoms with Gasteiger partial charge in [0.1, 0.15) is 0 Å². The quantitative estimate of drug-likeness (QED) is 0.157. The Labute approximate surface area is 384 Å². The second-order valence-electron chi connectivity index (χ2n) is 17.8. The van der Waals surface area contributed by atoms with Gasteiger partial charge in [0.25, 0.3) is 0 Å². The molecule has 0 atom stereocenters. The minimum Gasteiger partial charge on any atom is -0.0622 e. The number of hydrogen-bond donors (Lipinski definition) is 0. The molecule has 304 valence electrons. The summed E-state index contributed by atoms with van der Waals surface area (Å²) < 4.78 is 0. The standard InChI is InChI=1S/C66H40/c1-6-18-41(19-7-1)49-34-37-56-62-52(49)29-17-31-55(62)65-61(45-26-14-5-15-27-45)57-39-46(32-33-53(57)60(66(56)65)44-24-12-4-13-25-44)48-38-47-28-16-30-54-59(47)58(40-48)64-51(43-22-10-3-11-23-43)36-35-50(63(54)64)42-20-8-2-9-21-42/h1-40H. The van der Waals surface area contributed by atoms with Crippen molar-refractivity contribution in [3.63, 3.8) is 0 Å². The third-order valence-corrected chi connectivity index (χ3v) is 14.3. The molecular weight excluding hydrogens is 793 g/mol. The van der Waals surface area contributed by atoms with E-state index in [9.17, 15) is 0 Å². The molecule has 2 aliphatic rings. The lowest BCUT2D eigenvalue weighted by atomic mass is 9.81. The van der Waals surface area contributed by atoms with Gasteiger partial charge < -0.3 is 0 Å². The number of rotatable bonds is 6. The first kappa shape index (κ1) is 36.9. The first-order valence-corrected chi connectivity index (χ1v) is 23.0. The Bertz CT molecular complexity index is 3920. The normalized spacial score (nSPS) is 11.9. The molecule has 0 spiro atoms. The molecule has 0 nitrogen and oxygen atoms in total. The molecule has 0 saturated heterocycles. The third-order valence-electron chi connectivity index (χ3n) is 14.3. The van der Waals surface area contributed by atoms with E-state index in [1.54, 1.807) is 0 Å². The molecule has 2 aliphatic carbocycles. The second kappa shape index (κ2) is 14.5. The fourth-order valence-corrected chi connectivity index (χ4v) is 11.6. The molecule has 0 heterocycles. The van der Waals surface area contributed by atoms with Crippen LogP contribution in [-0.2, 0) is 0 Å². The highest BCUT2D eigenvalue weighted by molar-refractivity contribution is 6.29. The van der Waals surface area contributed by atoms with E-state index in [2.05, 4.69) is 243 Å². The zero-order chi connectivity index (χ0) is 43.3. The molecule has 12 aromatic rings. The van der Waals surface area contributed by atoms with Crippen molar-refractivity contribution in [1.29, 1.82) is 0 Å². The summed E-state index contributed by atoms with van der Waals surface area (Å²) in [6.45, 7) is 0. The first-order chi connectivity index (χ1) is 32.8. The lowest BCUT2D eigenvalue weighted by Gasteiger charge is -2.21. The highest BCUT2D eigenvalue weighted by Gasteiger charge is 2.32.